The van der Waals surface area contributed by atoms with Gasteiger partial charge in [0, 0.05) is 41.9 Å². The van der Waals surface area contributed by atoms with Crippen LogP contribution in [-0.2, 0) is 54.2 Å². The number of hydrogen-bond donors (Lipinski definition) is 6. The van der Waals surface area contributed by atoms with Gasteiger partial charge in [-0.05, 0) is 125 Å². The molecule has 4 saturated carbocycles. The van der Waals surface area contributed by atoms with E-state index in [2.05, 4.69) is 19.9 Å². The van der Waals surface area contributed by atoms with E-state index in [4.69, 9.17) is 33.7 Å². The van der Waals surface area contributed by atoms with Gasteiger partial charge in [0.1, 0.15) is 35.1 Å². The van der Waals surface area contributed by atoms with E-state index in [-0.39, 0.29) is 66.5 Å². The summed E-state index contributed by atoms with van der Waals surface area (Å²) in [7, 11) is 0. The predicted octanol–water partition coefficient (Wildman–Crippen LogP) is 3.75. The van der Waals surface area contributed by atoms with Crippen molar-refractivity contribution in [1.82, 2.24) is 9.97 Å². The lowest BCUT2D eigenvalue weighted by Crippen LogP contribution is -2.73. The van der Waals surface area contributed by atoms with Gasteiger partial charge in [-0.25, -0.2) is 0 Å². The van der Waals surface area contributed by atoms with Crippen LogP contribution < -0.4 is 0 Å². The number of epoxide rings is 1. The van der Waals surface area contributed by atoms with Crippen molar-refractivity contribution in [3.8, 4) is 0 Å². The van der Waals surface area contributed by atoms with Crippen molar-refractivity contribution < 1.29 is 59.1 Å². The lowest BCUT2D eigenvalue weighted by molar-refractivity contribution is -0.347. The Kier molecular flexibility index (Phi) is 8.34. The number of aliphatic hydroxyl groups excluding tert-OH is 4. The fourth-order valence-corrected chi connectivity index (χ4v) is 19.8. The topological polar surface area (TPSA) is 214 Å². The maximum Gasteiger partial charge on any atom is 0.201 e. The molecular formula is C54H72N2O12. The van der Waals surface area contributed by atoms with Crippen molar-refractivity contribution in [2.75, 3.05) is 13.2 Å². The second-order valence-electron chi connectivity index (χ2n) is 26.5. The van der Waals surface area contributed by atoms with Crippen molar-refractivity contribution in [3.63, 3.8) is 0 Å². The largest absolute Gasteiger partial charge is 0.393 e. The number of aliphatic hydroxyl groups is 6. The summed E-state index contributed by atoms with van der Waals surface area (Å²) < 4.78 is 32.9. The Hall–Kier alpha value is -2.21. The third kappa shape index (κ3) is 4.60. The van der Waals surface area contributed by atoms with Crippen LogP contribution in [0.15, 0.2) is 23.3 Å². The normalized spacial score (nSPS) is 59.2. The molecule has 22 atom stereocenters. The first kappa shape index (κ1) is 44.5. The highest BCUT2D eigenvalue weighted by molar-refractivity contribution is 6.01. The minimum absolute atomic E-state index is 0.0354. The van der Waals surface area contributed by atoms with Crippen LogP contribution >= 0.6 is 0 Å². The molecule has 5 aliphatic heterocycles. The van der Waals surface area contributed by atoms with E-state index >= 15 is 4.79 Å². The lowest BCUT2D eigenvalue weighted by atomic mass is 9.44. The van der Waals surface area contributed by atoms with Gasteiger partial charge < -0.3 is 54.3 Å². The van der Waals surface area contributed by atoms with Gasteiger partial charge in [0.2, 0.25) is 5.79 Å². The molecule has 14 nitrogen and oxygen atoms in total. The number of allylic oxidation sites excluding steroid dienone is 1. The Balaban J connectivity index is 0.757. The molecule has 13 aliphatic rings. The highest BCUT2D eigenvalue weighted by Gasteiger charge is 2.91. The molecule has 8 aliphatic carbocycles. The lowest BCUT2D eigenvalue weighted by Gasteiger charge is -2.62. The van der Waals surface area contributed by atoms with Gasteiger partial charge in [-0.15, -0.1) is 0 Å². The number of carbonyl (C=O) groups is 1. The van der Waals surface area contributed by atoms with E-state index in [1.807, 2.05) is 34.6 Å². The van der Waals surface area contributed by atoms with Crippen molar-refractivity contribution in [3.05, 3.63) is 46.1 Å². The molecule has 6 N–H and O–H groups in total. The standard InChI is InChI=1S/C54H72N2O12/c1-25-30-16-43-54(66-43)49(30,24-64-52(25)40(60)21-44(3,4)67-52)39(59)18-37-47(7)20-36-34(14-28(47)11-12-50(37,54)62)55-35-19-46(6)27(13-33(35)56-36)9-10-29-31(46)15-38(58)48(8)32(29)17-42-51(48,63)26(2)53(65-42)41(61)22-45(5,23-57)68-53/h17-18,25-31,38,40-43,57-58,60-63H,9-16,19-24H2,1-8H3/t25-,26+,27+,28-,29-,30+,31-,38+,40+,41-,42+,43-,45-,46-,47+,48+,49-,50-,51-,52-,53-,54-/m0/s1. The fraction of sp³-hybridized carbons (Fsp3) is 0.833. The first-order valence-corrected chi connectivity index (χ1v) is 26.2. The van der Waals surface area contributed by atoms with Crippen molar-refractivity contribution in [1.29, 1.82) is 0 Å². The molecule has 1 aromatic rings. The molecule has 14 rings (SSSR count). The van der Waals surface area contributed by atoms with Gasteiger partial charge in [0.25, 0.3) is 0 Å². The number of fused-ring (bicyclic) bond motifs is 12. The maximum atomic E-state index is 15.1. The minimum Gasteiger partial charge on any atom is -0.393 e. The SMILES string of the molecule is C[C@H]1[C@H]2C[C@@H]3O[C@@]34[C@]3(O)CC[C@H]5Cc6nc7c(nc6C[C@@]5(C)C3=CC(=O)[C@]24CO[C@]12OC(C)(C)C[C@H]2O)C[C@H]1CC[C@@H]2C3=C[C@H]4O[C@]5(O[C@](C)(CO)C[C@@H]5O)[C@H](C)[C@@]4(O)[C@@]3(C)[C@H](O)C[C@@H]2[C@@]1(C)C7. The molecule has 14 heteroatoms. The zero-order valence-electron chi connectivity index (χ0n) is 41.0. The molecule has 9 fully saturated rings. The van der Waals surface area contributed by atoms with Crippen LogP contribution in [0.2, 0.25) is 0 Å². The van der Waals surface area contributed by atoms with Crippen LogP contribution in [0, 0.1) is 63.1 Å². The predicted molar refractivity (Wildman–Crippen MR) is 241 cm³/mol. The second kappa shape index (κ2) is 12.8. The Bertz CT molecular complexity index is 2550. The molecule has 5 saturated heterocycles. The monoisotopic (exact) mass is 941 g/mol. The van der Waals surface area contributed by atoms with Crippen molar-refractivity contribution in [2.45, 2.75) is 203 Å². The molecule has 6 heterocycles. The summed E-state index contributed by atoms with van der Waals surface area (Å²) in [5, 5.41) is 71.7. The number of nitrogens with zero attached hydrogens (tertiary/aromatic N) is 2. The second-order valence-corrected chi connectivity index (χ2v) is 26.5. The summed E-state index contributed by atoms with van der Waals surface area (Å²) in [6, 6.07) is 0. The van der Waals surface area contributed by atoms with E-state index in [9.17, 15) is 30.6 Å². The third-order valence-corrected chi connectivity index (χ3v) is 23.4. The van der Waals surface area contributed by atoms with E-state index in [1.54, 1.807) is 13.0 Å². The molecular weight excluding hydrogens is 869 g/mol. The third-order valence-electron chi connectivity index (χ3n) is 23.4. The number of aromatic nitrogens is 2. The zero-order valence-corrected chi connectivity index (χ0v) is 41.0. The van der Waals surface area contributed by atoms with Gasteiger partial charge >= 0.3 is 0 Å². The van der Waals surface area contributed by atoms with E-state index in [1.165, 1.54) is 0 Å². The van der Waals surface area contributed by atoms with Crippen LogP contribution in [0.25, 0.3) is 0 Å². The Labute approximate surface area is 398 Å². The van der Waals surface area contributed by atoms with Crippen molar-refractivity contribution in [2.24, 2.45) is 63.1 Å². The molecule has 4 spiro atoms. The molecule has 370 valence electrons. The molecule has 0 radical (unpaired) electrons. The van der Waals surface area contributed by atoms with Crippen LogP contribution in [-0.4, -0.2) is 130 Å². The Morgan fingerprint density at radius 1 is 0.779 bits per heavy atom. The average Bonchev–Trinajstić information content (AvgIpc) is 3.48. The van der Waals surface area contributed by atoms with E-state index in [0.717, 1.165) is 66.0 Å². The van der Waals surface area contributed by atoms with Gasteiger partial charge in [-0.3, -0.25) is 14.8 Å². The van der Waals surface area contributed by atoms with Crippen LogP contribution in [0.4, 0.5) is 0 Å². The van der Waals surface area contributed by atoms with Crippen LogP contribution in [0.1, 0.15) is 130 Å². The quantitative estimate of drug-likeness (QED) is 0.175. The van der Waals surface area contributed by atoms with Gasteiger partial charge in [-0.1, -0.05) is 46.3 Å². The van der Waals surface area contributed by atoms with Crippen molar-refractivity contribution >= 4 is 5.78 Å². The van der Waals surface area contributed by atoms with Crippen LogP contribution in [0.3, 0.4) is 0 Å². The number of carbonyl (C=O) groups excluding carboxylic acids is 1. The molecule has 0 amide bonds. The number of ketones is 1. The fourth-order valence-electron chi connectivity index (χ4n) is 19.8. The summed E-state index contributed by atoms with van der Waals surface area (Å²) in [6.07, 6.45) is 7.77. The smallest absolute Gasteiger partial charge is 0.201 e. The molecule has 68 heavy (non-hydrogen) atoms. The summed E-state index contributed by atoms with van der Waals surface area (Å²) in [4.78, 5) is 26.1. The van der Waals surface area contributed by atoms with Gasteiger partial charge in [0.15, 0.2) is 11.6 Å². The van der Waals surface area contributed by atoms with E-state index in [0.29, 0.717) is 44.4 Å². The van der Waals surface area contributed by atoms with Gasteiger partial charge in [-0.2, -0.15) is 0 Å². The molecule has 0 bridgehead atoms. The Morgan fingerprint density at radius 2 is 1.49 bits per heavy atom. The first-order valence-electron chi connectivity index (χ1n) is 26.2. The number of hydrogen-bond acceptors (Lipinski definition) is 14. The maximum absolute atomic E-state index is 15.1. The van der Waals surface area contributed by atoms with Crippen LogP contribution in [0.5, 0.6) is 0 Å². The first-order chi connectivity index (χ1) is 31.9. The summed E-state index contributed by atoms with van der Waals surface area (Å²) in [5.74, 6) is -3.13. The average molecular weight is 941 g/mol. The summed E-state index contributed by atoms with van der Waals surface area (Å²) in [6.45, 7) is 16.0. The summed E-state index contributed by atoms with van der Waals surface area (Å²) in [5.41, 5.74) is -2.42. The zero-order chi connectivity index (χ0) is 47.7. The number of rotatable bonds is 1. The minimum atomic E-state index is -1.52. The van der Waals surface area contributed by atoms with E-state index < -0.39 is 86.2 Å². The highest BCUT2D eigenvalue weighted by atomic mass is 16.7. The number of ether oxygens (including phenoxy) is 5. The van der Waals surface area contributed by atoms with Gasteiger partial charge in [0.05, 0.1) is 64.8 Å². The Morgan fingerprint density at radius 3 is 2.18 bits per heavy atom. The summed E-state index contributed by atoms with van der Waals surface area (Å²) >= 11 is 0. The molecule has 1 aromatic heterocycles. The highest BCUT2D eigenvalue weighted by Crippen LogP contribution is 2.79. The molecule has 0 aromatic carbocycles. The molecule has 0 unspecified atom stereocenters.